The number of sulfonamides is 1. The van der Waals surface area contributed by atoms with Crippen LogP contribution in [-0.2, 0) is 10.0 Å². The Kier molecular flexibility index (Phi) is 4.67. The molecule has 2 aromatic carbocycles. The zero-order chi connectivity index (χ0) is 18.0. The summed E-state index contributed by atoms with van der Waals surface area (Å²) in [6.07, 6.45) is 0.907. The second-order valence-corrected chi connectivity index (χ2v) is 7.86. The number of amides is 2. The van der Waals surface area contributed by atoms with Gasteiger partial charge in [0.05, 0.1) is 4.90 Å². The highest BCUT2D eigenvalue weighted by molar-refractivity contribution is 7.92. The van der Waals surface area contributed by atoms with Crippen LogP contribution in [0.15, 0.2) is 53.4 Å². The van der Waals surface area contributed by atoms with Gasteiger partial charge in [-0.05, 0) is 55.3 Å². The predicted octanol–water partition coefficient (Wildman–Crippen LogP) is 3.06. The maximum atomic E-state index is 12.5. The Balaban J connectivity index is 1.78. The fourth-order valence-corrected chi connectivity index (χ4v) is 3.97. The van der Waals surface area contributed by atoms with Gasteiger partial charge in [0, 0.05) is 31.5 Å². The van der Waals surface area contributed by atoms with Crippen LogP contribution in [0.3, 0.4) is 0 Å². The van der Waals surface area contributed by atoms with Crippen molar-refractivity contribution < 1.29 is 13.2 Å². The van der Waals surface area contributed by atoms with Crippen LogP contribution in [-0.4, -0.2) is 39.5 Å². The quantitative estimate of drug-likeness (QED) is 0.912. The molecule has 25 heavy (non-hydrogen) atoms. The average Bonchev–Trinajstić information content (AvgIpc) is 2.58. The Bertz CT molecular complexity index is 879. The van der Waals surface area contributed by atoms with Crippen LogP contribution in [0.2, 0.25) is 0 Å². The third kappa shape index (κ3) is 3.76. The number of nitrogens with zero attached hydrogens (tertiary/aromatic N) is 2. The Morgan fingerprint density at radius 1 is 1.04 bits per heavy atom. The van der Waals surface area contributed by atoms with Gasteiger partial charge in [0.2, 0.25) is 0 Å². The summed E-state index contributed by atoms with van der Waals surface area (Å²) in [4.78, 5) is 15.8. The molecule has 0 aliphatic carbocycles. The van der Waals surface area contributed by atoms with Crippen LogP contribution in [0.5, 0.6) is 0 Å². The van der Waals surface area contributed by atoms with Gasteiger partial charge in [-0.3, -0.25) is 9.62 Å². The van der Waals surface area contributed by atoms with E-state index in [9.17, 15) is 13.2 Å². The number of nitrogens with one attached hydrogen (secondary N) is 1. The van der Waals surface area contributed by atoms with Crippen LogP contribution < -0.4 is 9.62 Å². The SMILES string of the molecule is Cc1cccc(S(=O)(=O)Nc2ccc(N3CCCN(C)C3=O)cc2)c1. The van der Waals surface area contributed by atoms with Crippen LogP contribution >= 0.6 is 0 Å². The molecule has 0 aromatic heterocycles. The van der Waals surface area contributed by atoms with E-state index in [1.54, 1.807) is 59.3 Å². The molecule has 0 unspecified atom stereocenters. The Labute approximate surface area is 148 Å². The van der Waals surface area contributed by atoms with Crippen LogP contribution in [0.25, 0.3) is 0 Å². The molecule has 0 radical (unpaired) electrons. The molecule has 0 atom stereocenters. The van der Waals surface area contributed by atoms with Crippen molar-refractivity contribution in [3.8, 4) is 0 Å². The second kappa shape index (κ2) is 6.76. The molecule has 3 rings (SSSR count). The summed E-state index contributed by atoms with van der Waals surface area (Å²) in [6.45, 7) is 3.27. The van der Waals surface area contributed by atoms with E-state index in [-0.39, 0.29) is 10.9 Å². The van der Waals surface area contributed by atoms with Crippen molar-refractivity contribution in [2.45, 2.75) is 18.2 Å². The summed E-state index contributed by atoms with van der Waals surface area (Å²) >= 11 is 0. The van der Waals surface area contributed by atoms with E-state index in [4.69, 9.17) is 0 Å². The number of rotatable bonds is 4. The molecule has 7 heteroatoms. The first-order chi connectivity index (χ1) is 11.9. The van der Waals surface area contributed by atoms with E-state index in [0.717, 1.165) is 24.2 Å². The molecule has 1 saturated heterocycles. The standard InChI is InChI=1S/C18H21N3O3S/c1-14-5-3-6-17(13-14)25(23,24)19-15-7-9-16(10-8-15)21-12-4-11-20(2)18(21)22/h3,5-10,13,19H,4,11-12H2,1-2H3. The molecule has 0 bridgehead atoms. The van der Waals surface area contributed by atoms with Crippen molar-refractivity contribution in [3.63, 3.8) is 0 Å². The number of urea groups is 1. The van der Waals surface area contributed by atoms with E-state index in [1.165, 1.54) is 0 Å². The summed E-state index contributed by atoms with van der Waals surface area (Å²) in [7, 11) is -1.86. The van der Waals surface area contributed by atoms with Gasteiger partial charge >= 0.3 is 6.03 Å². The minimum atomic E-state index is -3.63. The van der Waals surface area contributed by atoms with Gasteiger partial charge in [0.1, 0.15) is 0 Å². The van der Waals surface area contributed by atoms with Crippen molar-refractivity contribution in [1.29, 1.82) is 0 Å². The van der Waals surface area contributed by atoms with E-state index >= 15 is 0 Å². The third-order valence-electron chi connectivity index (χ3n) is 4.16. The lowest BCUT2D eigenvalue weighted by molar-refractivity contribution is 0.207. The maximum absolute atomic E-state index is 12.5. The average molecular weight is 359 g/mol. The van der Waals surface area contributed by atoms with E-state index in [2.05, 4.69) is 4.72 Å². The van der Waals surface area contributed by atoms with Crippen LogP contribution in [0, 0.1) is 6.92 Å². The number of hydrogen-bond acceptors (Lipinski definition) is 3. The normalized spacial score (nSPS) is 15.4. The van der Waals surface area contributed by atoms with Crippen molar-refractivity contribution in [3.05, 3.63) is 54.1 Å². The fourth-order valence-electron chi connectivity index (χ4n) is 2.81. The largest absolute Gasteiger partial charge is 0.327 e. The fraction of sp³-hybridized carbons (Fsp3) is 0.278. The first kappa shape index (κ1) is 17.3. The molecular weight excluding hydrogens is 338 g/mol. The van der Waals surface area contributed by atoms with Crippen molar-refractivity contribution >= 4 is 27.4 Å². The van der Waals surface area contributed by atoms with Crippen LogP contribution in [0.1, 0.15) is 12.0 Å². The molecule has 0 spiro atoms. The molecule has 0 saturated carbocycles. The number of carbonyl (C=O) groups is 1. The van der Waals surface area contributed by atoms with Gasteiger partial charge in [0.15, 0.2) is 0 Å². The van der Waals surface area contributed by atoms with Crippen molar-refractivity contribution in [2.24, 2.45) is 0 Å². The minimum absolute atomic E-state index is 0.0423. The molecule has 1 fully saturated rings. The van der Waals surface area contributed by atoms with E-state index in [1.807, 2.05) is 13.0 Å². The number of aryl methyl sites for hydroxylation is 1. The highest BCUT2D eigenvalue weighted by Crippen LogP contribution is 2.23. The topological polar surface area (TPSA) is 69.7 Å². The number of anilines is 2. The lowest BCUT2D eigenvalue weighted by atomic mass is 10.2. The monoisotopic (exact) mass is 359 g/mol. The molecule has 1 N–H and O–H groups in total. The summed E-state index contributed by atoms with van der Waals surface area (Å²) < 4.78 is 27.5. The highest BCUT2D eigenvalue weighted by atomic mass is 32.2. The van der Waals surface area contributed by atoms with Crippen molar-refractivity contribution in [2.75, 3.05) is 29.8 Å². The molecule has 1 aliphatic rings. The van der Waals surface area contributed by atoms with Gasteiger partial charge in [-0.15, -0.1) is 0 Å². The zero-order valence-corrected chi connectivity index (χ0v) is 15.1. The van der Waals surface area contributed by atoms with Gasteiger partial charge < -0.3 is 4.90 Å². The lowest BCUT2D eigenvalue weighted by Gasteiger charge is -2.33. The summed E-state index contributed by atoms with van der Waals surface area (Å²) in [6, 6.07) is 13.6. The molecule has 2 aromatic rings. The summed E-state index contributed by atoms with van der Waals surface area (Å²) in [5, 5.41) is 0. The third-order valence-corrected chi connectivity index (χ3v) is 5.54. The summed E-state index contributed by atoms with van der Waals surface area (Å²) in [5.41, 5.74) is 2.10. The molecule has 2 amide bonds. The predicted molar refractivity (Wildman–Crippen MR) is 98.4 cm³/mol. The molecule has 6 nitrogen and oxygen atoms in total. The molecule has 1 aliphatic heterocycles. The number of benzene rings is 2. The Morgan fingerprint density at radius 2 is 1.76 bits per heavy atom. The summed E-state index contributed by atoms with van der Waals surface area (Å²) in [5.74, 6) is 0. The molecule has 132 valence electrons. The van der Waals surface area contributed by atoms with Crippen molar-refractivity contribution in [1.82, 2.24) is 4.90 Å². The maximum Gasteiger partial charge on any atom is 0.324 e. The zero-order valence-electron chi connectivity index (χ0n) is 14.3. The smallest absolute Gasteiger partial charge is 0.324 e. The lowest BCUT2D eigenvalue weighted by Crippen LogP contribution is -2.47. The van der Waals surface area contributed by atoms with Gasteiger partial charge in [-0.25, -0.2) is 13.2 Å². The Hall–Kier alpha value is -2.54. The number of hydrogen-bond donors (Lipinski definition) is 1. The van der Waals surface area contributed by atoms with Crippen LogP contribution in [0.4, 0.5) is 16.2 Å². The molecule has 1 heterocycles. The highest BCUT2D eigenvalue weighted by Gasteiger charge is 2.24. The van der Waals surface area contributed by atoms with Gasteiger partial charge in [-0.2, -0.15) is 0 Å². The first-order valence-corrected chi connectivity index (χ1v) is 9.57. The minimum Gasteiger partial charge on any atom is -0.327 e. The van der Waals surface area contributed by atoms with E-state index in [0.29, 0.717) is 12.2 Å². The Morgan fingerprint density at radius 3 is 2.44 bits per heavy atom. The molecular formula is C18H21N3O3S. The van der Waals surface area contributed by atoms with Gasteiger partial charge in [0.25, 0.3) is 10.0 Å². The second-order valence-electron chi connectivity index (χ2n) is 6.18. The number of carbonyl (C=O) groups excluding carboxylic acids is 1. The first-order valence-electron chi connectivity index (χ1n) is 8.09. The van der Waals surface area contributed by atoms with E-state index < -0.39 is 10.0 Å². The van der Waals surface area contributed by atoms with Gasteiger partial charge in [-0.1, -0.05) is 12.1 Å².